The Morgan fingerprint density at radius 2 is 2.05 bits per heavy atom. The summed E-state index contributed by atoms with van der Waals surface area (Å²) in [4.78, 5) is 15.0. The van der Waals surface area contributed by atoms with Crippen LogP contribution in [0.4, 0.5) is 5.69 Å². The number of anilines is 1. The predicted molar refractivity (Wildman–Crippen MR) is 165 cm³/mol. The van der Waals surface area contributed by atoms with Crippen LogP contribution in [0, 0.1) is 5.92 Å². The number of fused-ring (bicyclic) bond motifs is 2. The number of methoxy groups -OCH3 is 1. The second kappa shape index (κ2) is 12.2. The number of nitrogens with one attached hydrogen (secondary N) is 1. The Hall–Kier alpha value is -2.87. The lowest BCUT2D eigenvalue weighted by atomic mass is 9.62. The van der Waals surface area contributed by atoms with Gasteiger partial charge in [0.25, 0.3) is 0 Å². The molecule has 2 aromatic heterocycles. The van der Waals surface area contributed by atoms with E-state index < -0.39 is 0 Å². The van der Waals surface area contributed by atoms with Gasteiger partial charge in [-0.05, 0) is 74.5 Å². The smallest absolute Gasteiger partial charge is 0.222 e. The number of piperidine rings is 1. The minimum atomic E-state index is 0.0337. The summed E-state index contributed by atoms with van der Waals surface area (Å²) in [5.41, 5.74) is 5.61. The standard InChI is InChI=1S/C33H42ClN5O2/c1-4-23-19-39(29-11-6-12-30(40-3)31(29)34)18-15-33(23)22-38(20-24-9-7-16-35-24)21-28-26(33)13-14-27(37-28)25-10-8-17-36-32(25)41-5-2/h6,8,10-14,17,23-24,35H,4-5,7,9,15-16,18-22H2,1-3H3/t23?,24-,33?/m1/s1. The van der Waals surface area contributed by atoms with Gasteiger partial charge < -0.3 is 19.7 Å². The maximum absolute atomic E-state index is 6.81. The minimum absolute atomic E-state index is 0.0337. The third-order valence-corrected chi connectivity index (χ3v) is 9.79. The zero-order chi connectivity index (χ0) is 28.4. The molecule has 3 aromatic rings. The number of benzene rings is 1. The van der Waals surface area contributed by atoms with Crippen LogP contribution in [-0.2, 0) is 12.0 Å². The molecule has 1 N–H and O–H groups in total. The van der Waals surface area contributed by atoms with Crippen LogP contribution in [0.3, 0.4) is 0 Å². The summed E-state index contributed by atoms with van der Waals surface area (Å²) in [6, 6.07) is 15.2. The number of nitrogens with zero attached hydrogens (tertiary/aromatic N) is 4. The van der Waals surface area contributed by atoms with Crippen molar-refractivity contribution in [3.8, 4) is 22.9 Å². The molecule has 0 amide bonds. The highest BCUT2D eigenvalue weighted by Gasteiger charge is 2.48. The molecule has 3 aliphatic heterocycles. The molecule has 0 saturated carbocycles. The van der Waals surface area contributed by atoms with Crippen LogP contribution in [0.15, 0.2) is 48.7 Å². The van der Waals surface area contributed by atoms with Gasteiger partial charge in [-0.25, -0.2) is 4.98 Å². The van der Waals surface area contributed by atoms with Crippen molar-refractivity contribution in [1.29, 1.82) is 0 Å². The fraction of sp³-hybridized carbons (Fsp3) is 0.515. The summed E-state index contributed by atoms with van der Waals surface area (Å²) in [7, 11) is 1.68. The molecule has 7 nitrogen and oxygen atoms in total. The third-order valence-electron chi connectivity index (χ3n) is 9.41. The summed E-state index contributed by atoms with van der Waals surface area (Å²) in [6.07, 6.45) is 6.44. The molecule has 5 heterocycles. The highest BCUT2D eigenvalue weighted by Crippen LogP contribution is 2.48. The van der Waals surface area contributed by atoms with Crippen LogP contribution in [-0.4, -0.2) is 67.4 Å². The van der Waals surface area contributed by atoms with Gasteiger partial charge >= 0.3 is 0 Å². The molecule has 3 aliphatic rings. The van der Waals surface area contributed by atoms with Crippen molar-refractivity contribution < 1.29 is 9.47 Å². The normalized spacial score (nSPS) is 24.4. The molecule has 6 rings (SSSR count). The Morgan fingerprint density at radius 1 is 1.15 bits per heavy atom. The van der Waals surface area contributed by atoms with E-state index in [1.54, 1.807) is 13.3 Å². The molecule has 1 spiro atoms. The van der Waals surface area contributed by atoms with Crippen LogP contribution in [0.1, 0.15) is 50.8 Å². The molecular formula is C33H42ClN5O2. The molecule has 2 saturated heterocycles. The fourth-order valence-electron chi connectivity index (χ4n) is 7.44. The average Bonchev–Trinajstić information content (AvgIpc) is 3.51. The largest absolute Gasteiger partial charge is 0.495 e. The van der Waals surface area contributed by atoms with Crippen molar-refractivity contribution in [3.05, 3.63) is 64.9 Å². The molecule has 0 radical (unpaired) electrons. The first-order valence-electron chi connectivity index (χ1n) is 15.2. The van der Waals surface area contributed by atoms with Crippen molar-refractivity contribution >= 4 is 17.3 Å². The van der Waals surface area contributed by atoms with Gasteiger partial charge in [0, 0.05) is 50.4 Å². The predicted octanol–water partition coefficient (Wildman–Crippen LogP) is 5.95. The quantitative estimate of drug-likeness (QED) is 0.356. The molecule has 1 aromatic carbocycles. The van der Waals surface area contributed by atoms with Gasteiger partial charge in [0.05, 0.1) is 36.4 Å². The highest BCUT2D eigenvalue weighted by molar-refractivity contribution is 6.34. The third kappa shape index (κ3) is 5.40. The first kappa shape index (κ1) is 28.3. The van der Waals surface area contributed by atoms with E-state index in [9.17, 15) is 0 Å². The lowest BCUT2D eigenvalue weighted by Gasteiger charge is -2.53. The average molecular weight is 576 g/mol. The van der Waals surface area contributed by atoms with E-state index in [-0.39, 0.29) is 5.41 Å². The van der Waals surface area contributed by atoms with E-state index in [0.717, 1.165) is 74.8 Å². The van der Waals surface area contributed by atoms with E-state index in [2.05, 4.69) is 51.3 Å². The van der Waals surface area contributed by atoms with Gasteiger partial charge in [0.2, 0.25) is 5.88 Å². The molecule has 3 atom stereocenters. The van der Waals surface area contributed by atoms with E-state index in [1.165, 1.54) is 24.1 Å². The second-order valence-corrected chi connectivity index (χ2v) is 12.1. The van der Waals surface area contributed by atoms with E-state index in [4.69, 9.17) is 26.1 Å². The number of rotatable bonds is 8. The van der Waals surface area contributed by atoms with E-state index in [1.807, 2.05) is 25.1 Å². The Morgan fingerprint density at radius 3 is 2.83 bits per heavy atom. The van der Waals surface area contributed by atoms with Gasteiger partial charge in [-0.3, -0.25) is 9.88 Å². The van der Waals surface area contributed by atoms with Gasteiger partial charge in [-0.2, -0.15) is 0 Å². The highest BCUT2D eigenvalue weighted by atomic mass is 35.5. The Labute approximate surface area is 249 Å². The van der Waals surface area contributed by atoms with Crippen LogP contribution < -0.4 is 19.7 Å². The zero-order valence-electron chi connectivity index (χ0n) is 24.5. The van der Waals surface area contributed by atoms with Crippen LogP contribution in [0.5, 0.6) is 11.6 Å². The molecule has 2 fully saturated rings. The first-order chi connectivity index (χ1) is 20.1. The van der Waals surface area contributed by atoms with Crippen LogP contribution >= 0.6 is 11.6 Å². The van der Waals surface area contributed by atoms with Gasteiger partial charge in [-0.15, -0.1) is 0 Å². The zero-order valence-corrected chi connectivity index (χ0v) is 25.3. The number of ether oxygens (including phenoxy) is 2. The Bertz CT molecular complexity index is 1360. The number of halogens is 1. The van der Waals surface area contributed by atoms with Crippen molar-refractivity contribution in [2.75, 3.05) is 51.3 Å². The molecule has 41 heavy (non-hydrogen) atoms. The topological polar surface area (TPSA) is 62.8 Å². The SMILES string of the molecule is CCOc1ncccc1-c1ccc2c(n1)CN(C[C@H]1CCCN1)CC21CCN(c2cccc(OC)c2Cl)CC1CC. The van der Waals surface area contributed by atoms with Crippen molar-refractivity contribution in [2.24, 2.45) is 5.92 Å². The summed E-state index contributed by atoms with van der Waals surface area (Å²) in [5.74, 6) is 1.84. The van der Waals surface area contributed by atoms with Gasteiger partial charge in [-0.1, -0.05) is 37.1 Å². The molecule has 0 bridgehead atoms. The second-order valence-electron chi connectivity index (χ2n) is 11.7. The number of aromatic nitrogens is 2. The first-order valence-corrected chi connectivity index (χ1v) is 15.6. The molecule has 2 unspecified atom stereocenters. The van der Waals surface area contributed by atoms with Gasteiger partial charge in [0.15, 0.2) is 0 Å². The van der Waals surface area contributed by atoms with Crippen molar-refractivity contribution in [3.63, 3.8) is 0 Å². The minimum Gasteiger partial charge on any atom is -0.495 e. The Kier molecular flexibility index (Phi) is 8.38. The lowest BCUT2D eigenvalue weighted by molar-refractivity contribution is 0.0968. The summed E-state index contributed by atoms with van der Waals surface area (Å²) in [6.45, 7) is 10.9. The van der Waals surface area contributed by atoms with Crippen molar-refractivity contribution in [1.82, 2.24) is 20.2 Å². The van der Waals surface area contributed by atoms with Crippen LogP contribution in [0.2, 0.25) is 5.02 Å². The number of hydrogen-bond acceptors (Lipinski definition) is 7. The van der Waals surface area contributed by atoms with Crippen molar-refractivity contribution in [2.45, 2.75) is 57.5 Å². The summed E-state index contributed by atoms with van der Waals surface area (Å²) < 4.78 is 11.4. The van der Waals surface area contributed by atoms with Crippen LogP contribution in [0.25, 0.3) is 11.3 Å². The molecule has 218 valence electrons. The monoisotopic (exact) mass is 575 g/mol. The molecule has 8 heteroatoms. The lowest BCUT2D eigenvalue weighted by Crippen LogP contribution is -2.58. The summed E-state index contributed by atoms with van der Waals surface area (Å²) >= 11 is 6.81. The maximum Gasteiger partial charge on any atom is 0.222 e. The summed E-state index contributed by atoms with van der Waals surface area (Å²) in [5, 5.41) is 4.43. The maximum atomic E-state index is 6.81. The Balaban J connectivity index is 1.37. The fourth-order valence-corrected chi connectivity index (χ4v) is 7.76. The number of pyridine rings is 2. The van der Waals surface area contributed by atoms with E-state index >= 15 is 0 Å². The van der Waals surface area contributed by atoms with Gasteiger partial charge in [0.1, 0.15) is 10.8 Å². The molecular weight excluding hydrogens is 534 g/mol. The van der Waals surface area contributed by atoms with E-state index in [0.29, 0.717) is 29.5 Å². The molecule has 0 aliphatic carbocycles. The number of hydrogen-bond donors (Lipinski definition) is 1.